The summed E-state index contributed by atoms with van der Waals surface area (Å²) in [7, 11) is 0. The van der Waals surface area contributed by atoms with E-state index in [9.17, 15) is 9.90 Å². The van der Waals surface area contributed by atoms with Gasteiger partial charge in [-0.05, 0) is 19.1 Å². The van der Waals surface area contributed by atoms with Crippen molar-refractivity contribution in [2.75, 3.05) is 19.7 Å². The van der Waals surface area contributed by atoms with Crippen molar-refractivity contribution >= 4 is 5.97 Å². The molecule has 0 unspecified atom stereocenters. The third-order valence-corrected chi connectivity index (χ3v) is 2.16. The van der Waals surface area contributed by atoms with Crippen LogP contribution in [0.5, 0.6) is 5.75 Å². The SMILES string of the molecule is Cc1ccc(OCC[NH2+]CCC(=O)[O-])cc1. The molecule has 0 saturated heterocycles. The van der Waals surface area contributed by atoms with Gasteiger partial charge in [0.25, 0.3) is 0 Å². The summed E-state index contributed by atoms with van der Waals surface area (Å²) in [5.74, 6) is -0.158. The van der Waals surface area contributed by atoms with Crippen LogP contribution >= 0.6 is 0 Å². The van der Waals surface area contributed by atoms with E-state index in [4.69, 9.17) is 4.74 Å². The number of hydrogen-bond donors (Lipinski definition) is 1. The Bertz CT molecular complexity index is 322. The second-order valence-electron chi connectivity index (χ2n) is 3.65. The van der Waals surface area contributed by atoms with Gasteiger partial charge in [0.1, 0.15) is 18.9 Å². The largest absolute Gasteiger partial charge is 0.550 e. The molecule has 0 saturated carbocycles. The maximum atomic E-state index is 10.1. The molecule has 0 fully saturated rings. The number of carboxylic acids is 1. The highest BCUT2D eigenvalue weighted by Crippen LogP contribution is 2.10. The Labute approximate surface area is 95.2 Å². The van der Waals surface area contributed by atoms with Gasteiger partial charge in [0, 0.05) is 12.4 Å². The first-order valence-corrected chi connectivity index (χ1v) is 5.39. The van der Waals surface area contributed by atoms with Gasteiger partial charge in [0.2, 0.25) is 0 Å². The Kier molecular flexibility index (Phi) is 5.36. The number of aryl methyl sites for hydroxylation is 1. The van der Waals surface area contributed by atoms with Crippen LogP contribution in [0.4, 0.5) is 0 Å². The van der Waals surface area contributed by atoms with E-state index < -0.39 is 5.97 Å². The predicted octanol–water partition coefficient (Wildman–Crippen LogP) is -0.923. The summed E-state index contributed by atoms with van der Waals surface area (Å²) in [6, 6.07) is 7.84. The zero-order valence-electron chi connectivity index (χ0n) is 9.44. The van der Waals surface area contributed by atoms with Gasteiger partial charge in [-0.15, -0.1) is 0 Å². The van der Waals surface area contributed by atoms with Crippen molar-refractivity contribution in [1.29, 1.82) is 0 Å². The first-order chi connectivity index (χ1) is 7.68. The Morgan fingerprint density at radius 1 is 1.31 bits per heavy atom. The summed E-state index contributed by atoms with van der Waals surface area (Å²) in [6.07, 6.45) is 0.0878. The molecule has 0 aliphatic carbocycles. The van der Waals surface area contributed by atoms with E-state index in [1.54, 1.807) is 0 Å². The van der Waals surface area contributed by atoms with Gasteiger partial charge in [-0.3, -0.25) is 0 Å². The van der Waals surface area contributed by atoms with Crippen LogP contribution in [0, 0.1) is 6.92 Å². The molecule has 0 bridgehead atoms. The van der Waals surface area contributed by atoms with Gasteiger partial charge < -0.3 is 20.0 Å². The lowest BCUT2D eigenvalue weighted by Crippen LogP contribution is -2.85. The minimum atomic E-state index is -1.00. The quantitative estimate of drug-likeness (QED) is 0.608. The Balaban J connectivity index is 2.07. The van der Waals surface area contributed by atoms with Crippen molar-refractivity contribution in [3.05, 3.63) is 29.8 Å². The van der Waals surface area contributed by atoms with Crippen molar-refractivity contribution in [1.82, 2.24) is 0 Å². The molecular formula is C12H17NO3. The molecule has 0 aliphatic rings. The van der Waals surface area contributed by atoms with Crippen LogP contribution < -0.4 is 15.2 Å². The lowest BCUT2D eigenvalue weighted by atomic mass is 10.2. The summed E-state index contributed by atoms with van der Waals surface area (Å²) in [6.45, 7) is 3.90. The van der Waals surface area contributed by atoms with E-state index in [1.807, 2.05) is 36.5 Å². The van der Waals surface area contributed by atoms with Crippen molar-refractivity contribution in [3.63, 3.8) is 0 Å². The summed E-state index contributed by atoms with van der Waals surface area (Å²) in [5.41, 5.74) is 1.20. The predicted molar refractivity (Wildman–Crippen MR) is 58.0 cm³/mol. The number of benzene rings is 1. The summed E-state index contributed by atoms with van der Waals surface area (Å²) in [5, 5.41) is 12.0. The third kappa shape index (κ3) is 5.36. The van der Waals surface area contributed by atoms with E-state index in [0.717, 1.165) is 12.3 Å². The Morgan fingerprint density at radius 3 is 2.62 bits per heavy atom. The number of aliphatic carboxylic acids is 1. The van der Waals surface area contributed by atoms with Crippen molar-refractivity contribution in [2.24, 2.45) is 0 Å². The van der Waals surface area contributed by atoms with Gasteiger partial charge in [0.15, 0.2) is 0 Å². The fourth-order valence-corrected chi connectivity index (χ4v) is 1.26. The number of quaternary nitrogens is 1. The molecule has 0 atom stereocenters. The second-order valence-corrected chi connectivity index (χ2v) is 3.65. The van der Waals surface area contributed by atoms with Crippen LogP contribution in [0.3, 0.4) is 0 Å². The number of ether oxygens (including phenoxy) is 1. The fourth-order valence-electron chi connectivity index (χ4n) is 1.26. The number of rotatable bonds is 7. The van der Waals surface area contributed by atoms with Crippen molar-refractivity contribution in [3.8, 4) is 5.75 Å². The molecule has 1 aromatic rings. The maximum absolute atomic E-state index is 10.1. The molecule has 1 aromatic carbocycles. The molecular weight excluding hydrogens is 206 g/mol. The zero-order chi connectivity index (χ0) is 11.8. The Morgan fingerprint density at radius 2 is 2.00 bits per heavy atom. The van der Waals surface area contributed by atoms with Crippen molar-refractivity contribution < 1.29 is 20.0 Å². The van der Waals surface area contributed by atoms with E-state index in [0.29, 0.717) is 13.2 Å². The smallest absolute Gasteiger partial charge is 0.137 e. The molecule has 4 heteroatoms. The second kappa shape index (κ2) is 6.85. The lowest BCUT2D eigenvalue weighted by Gasteiger charge is -2.06. The molecule has 0 aromatic heterocycles. The van der Waals surface area contributed by atoms with Gasteiger partial charge in [-0.2, -0.15) is 0 Å². The van der Waals surface area contributed by atoms with Crippen LogP contribution in [0.1, 0.15) is 12.0 Å². The highest BCUT2D eigenvalue weighted by molar-refractivity contribution is 5.64. The first kappa shape index (κ1) is 12.5. The summed E-state index contributed by atoms with van der Waals surface area (Å²) in [4.78, 5) is 10.1. The number of carboxylic acid groups (broad SMARTS) is 1. The Hall–Kier alpha value is -1.55. The monoisotopic (exact) mass is 223 g/mol. The lowest BCUT2D eigenvalue weighted by molar-refractivity contribution is -0.655. The molecule has 0 heterocycles. The van der Waals surface area contributed by atoms with Crippen LogP contribution in [-0.4, -0.2) is 25.7 Å². The van der Waals surface area contributed by atoms with Gasteiger partial charge in [0.05, 0.1) is 6.54 Å². The van der Waals surface area contributed by atoms with Gasteiger partial charge in [-0.1, -0.05) is 17.7 Å². The van der Waals surface area contributed by atoms with E-state index in [1.165, 1.54) is 5.56 Å². The van der Waals surface area contributed by atoms with Crippen LogP contribution in [0.2, 0.25) is 0 Å². The van der Waals surface area contributed by atoms with E-state index >= 15 is 0 Å². The van der Waals surface area contributed by atoms with Crippen molar-refractivity contribution in [2.45, 2.75) is 13.3 Å². The standard InChI is InChI=1S/C12H17NO3/c1-10-2-4-11(5-3-10)16-9-8-13-7-6-12(14)15/h2-5,13H,6-9H2,1H3,(H,14,15). The molecule has 88 valence electrons. The van der Waals surface area contributed by atoms with Gasteiger partial charge >= 0.3 is 0 Å². The molecule has 4 nitrogen and oxygen atoms in total. The molecule has 0 radical (unpaired) electrons. The average molecular weight is 223 g/mol. The van der Waals surface area contributed by atoms with Crippen LogP contribution in [0.25, 0.3) is 0 Å². The van der Waals surface area contributed by atoms with Gasteiger partial charge in [-0.25, -0.2) is 0 Å². The molecule has 0 spiro atoms. The number of carbonyl (C=O) groups excluding carboxylic acids is 1. The molecule has 2 N–H and O–H groups in total. The van der Waals surface area contributed by atoms with Crippen LogP contribution in [-0.2, 0) is 4.79 Å². The fraction of sp³-hybridized carbons (Fsp3) is 0.417. The molecule has 0 aliphatic heterocycles. The highest BCUT2D eigenvalue weighted by atomic mass is 16.5. The maximum Gasteiger partial charge on any atom is 0.137 e. The molecule has 16 heavy (non-hydrogen) atoms. The topological polar surface area (TPSA) is 66.0 Å². The molecule has 0 amide bonds. The average Bonchev–Trinajstić information content (AvgIpc) is 2.25. The molecule has 1 rings (SSSR count). The number of carbonyl (C=O) groups is 1. The normalized spacial score (nSPS) is 10.1. The number of hydrogen-bond acceptors (Lipinski definition) is 3. The summed E-state index contributed by atoms with van der Waals surface area (Å²) >= 11 is 0. The minimum Gasteiger partial charge on any atom is -0.550 e. The van der Waals surface area contributed by atoms with E-state index in [-0.39, 0.29) is 6.42 Å². The summed E-state index contributed by atoms with van der Waals surface area (Å²) < 4.78 is 5.47. The third-order valence-electron chi connectivity index (χ3n) is 2.16. The number of nitrogens with two attached hydrogens (primary N) is 1. The minimum absolute atomic E-state index is 0.0878. The first-order valence-electron chi connectivity index (χ1n) is 5.39. The highest BCUT2D eigenvalue weighted by Gasteiger charge is 1.95. The van der Waals surface area contributed by atoms with Crippen LogP contribution in [0.15, 0.2) is 24.3 Å². The zero-order valence-corrected chi connectivity index (χ0v) is 9.44. The van der Waals surface area contributed by atoms with E-state index in [2.05, 4.69) is 0 Å².